The Morgan fingerprint density at radius 1 is 0.793 bits per heavy atom. The van der Waals surface area contributed by atoms with Gasteiger partial charge in [-0.3, -0.25) is 0 Å². The van der Waals surface area contributed by atoms with Gasteiger partial charge in [0.1, 0.15) is 19.0 Å². The molecule has 0 spiro atoms. The van der Waals surface area contributed by atoms with Gasteiger partial charge in [-0.05, 0) is 42.2 Å². The van der Waals surface area contributed by atoms with E-state index in [2.05, 4.69) is 65.6 Å². The minimum Gasteiger partial charge on any atom is -0.486 e. The molecular weight excluding hydrogens is 364 g/mol. The lowest BCUT2D eigenvalue weighted by molar-refractivity contribution is 0.171. The Labute approximate surface area is 171 Å². The lowest BCUT2D eigenvalue weighted by Gasteiger charge is -2.19. The highest BCUT2D eigenvalue weighted by atomic mass is 16.6. The lowest BCUT2D eigenvalue weighted by Crippen LogP contribution is -2.15. The van der Waals surface area contributed by atoms with Gasteiger partial charge in [-0.1, -0.05) is 32.9 Å². The molecule has 0 atom stereocenters. The molecule has 150 valence electrons. The van der Waals surface area contributed by atoms with Crippen molar-refractivity contribution in [2.45, 2.75) is 33.1 Å². The molecule has 4 rings (SSSR count). The molecule has 2 aromatic carbocycles. The van der Waals surface area contributed by atoms with Crippen LogP contribution in [0.15, 0.2) is 48.5 Å². The van der Waals surface area contributed by atoms with Crippen LogP contribution in [0.5, 0.6) is 11.5 Å². The first kappa shape index (κ1) is 19.1. The molecule has 0 saturated carbocycles. The molecule has 0 aliphatic carbocycles. The summed E-state index contributed by atoms with van der Waals surface area (Å²) in [5.41, 5.74) is 4.13. The molecule has 0 unspecified atom stereocenters. The molecule has 1 aliphatic heterocycles. The Kier molecular flexibility index (Phi) is 5.01. The summed E-state index contributed by atoms with van der Waals surface area (Å²) in [7, 11) is 0. The standard InChI is InChI=1S/C23H26N4O2/c1-15-13-21(25-17-7-5-16(6-8-17)23(2,3)4)27-22(24-15)26-18-9-10-19-20(14-18)29-12-11-28-19/h5-10,13-14H,11-12H2,1-4H3,(H2,24,25,26,27). The van der Waals surface area contributed by atoms with Gasteiger partial charge in [-0.25, -0.2) is 4.98 Å². The van der Waals surface area contributed by atoms with Crippen LogP contribution >= 0.6 is 0 Å². The van der Waals surface area contributed by atoms with E-state index in [0.717, 1.165) is 34.4 Å². The Bertz CT molecular complexity index is 1010. The van der Waals surface area contributed by atoms with Gasteiger partial charge >= 0.3 is 0 Å². The molecular formula is C23H26N4O2. The fourth-order valence-electron chi connectivity index (χ4n) is 3.14. The van der Waals surface area contributed by atoms with E-state index in [4.69, 9.17) is 9.47 Å². The van der Waals surface area contributed by atoms with Crippen molar-refractivity contribution >= 4 is 23.1 Å². The van der Waals surface area contributed by atoms with Crippen LogP contribution in [0.4, 0.5) is 23.1 Å². The van der Waals surface area contributed by atoms with Gasteiger partial charge in [0.15, 0.2) is 11.5 Å². The second kappa shape index (κ2) is 7.62. The average Bonchev–Trinajstić information content (AvgIpc) is 2.67. The largest absolute Gasteiger partial charge is 0.486 e. The highest BCUT2D eigenvalue weighted by Crippen LogP contribution is 2.33. The van der Waals surface area contributed by atoms with Crippen molar-refractivity contribution in [2.75, 3.05) is 23.8 Å². The summed E-state index contributed by atoms with van der Waals surface area (Å²) in [6.07, 6.45) is 0. The fraction of sp³-hybridized carbons (Fsp3) is 0.304. The predicted octanol–water partition coefficient (Wildman–Crippen LogP) is 5.34. The first-order valence-electron chi connectivity index (χ1n) is 9.77. The van der Waals surface area contributed by atoms with Gasteiger partial charge in [0, 0.05) is 29.2 Å². The third kappa shape index (κ3) is 4.59. The van der Waals surface area contributed by atoms with Crippen molar-refractivity contribution in [3.63, 3.8) is 0 Å². The minimum absolute atomic E-state index is 0.130. The summed E-state index contributed by atoms with van der Waals surface area (Å²) in [5, 5.41) is 6.62. The zero-order valence-corrected chi connectivity index (χ0v) is 17.2. The zero-order valence-electron chi connectivity index (χ0n) is 17.2. The number of aromatic nitrogens is 2. The van der Waals surface area contributed by atoms with Crippen LogP contribution in [0.3, 0.4) is 0 Å². The van der Waals surface area contributed by atoms with Crippen LogP contribution in [0.2, 0.25) is 0 Å². The van der Waals surface area contributed by atoms with E-state index < -0.39 is 0 Å². The molecule has 0 amide bonds. The molecule has 0 saturated heterocycles. The van der Waals surface area contributed by atoms with Gasteiger partial charge in [-0.15, -0.1) is 0 Å². The molecule has 3 aromatic rings. The highest BCUT2D eigenvalue weighted by molar-refractivity contribution is 5.63. The topological polar surface area (TPSA) is 68.3 Å². The lowest BCUT2D eigenvalue weighted by atomic mass is 9.87. The summed E-state index contributed by atoms with van der Waals surface area (Å²) >= 11 is 0. The number of benzene rings is 2. The number of fused-ring (bicyclic) bond motifs is 1. The zero-order chi connectivity index (χ0) is 20.4. The monoisotopic (exact) mass is 390 g/mol. The van der Waals surface area contributed by atoms with Gasteiger partial charge < -0.3 is 20.1 Å². The predicted molar refractivity (Wildman–Crippen MR) is 116 cm³/mol. The van der Waals surface area contributed by atoms with Gasteiger partial charge in [0.25, 0.3) is 0 Å². The maximum atomic E-state index is 5.64. The highest BCUT2D eigenvalue weighted by Gasteiger charge is 2.14. The van der Waals surface area contributed by atoms with Crippen molar-refractivity contribution in [3.8, 4) is 11.5 Å². The number of ether oxygens (including phenoxy) is 2. The van der Waals surface area contributed by atoms with E-state index in [1.807, 2.05) is 31.2 Å². The van der Waals surface area contributed by atoms with Crippen LogP contribution in [0.1, 0.15) is 32.0 Å². The van der Waals surface area contributed by atoms with Crippen LogP contribution in [-0.2, 0) is 5.41 Å². The van der Waals surface area contributed by atoms with Crippen molar-refractivity contribution in [1.82, 2.24) is 9.97 Å². The molecule has 6 nitrogen and oxygen atoms in total. The number of nitrogens with one attached hydrogen (secondary N) is 2. The normalized spacial score (nSPS) is 13.1. The first-order valence-corrected chi connectivity index (χ1v) is 9.77. The summed E-state index contributed by atoms with van der Waals surface area (Å²) in [6.45, 7) is 9.70. The third-order valence-electron chi connectivity index (χ3n) is 4.68. The third-order valence-corrected chi connectivity index (χ3v) is 4.68. The molecule has 0 radical (unpaired) electrons. The summed E-state index contributed by atoms with van der Waals surface area (Å²) in [4.78, 5) is 9.10. The molecule has 0 bridgehead atoms. The van der Waals surface area contributed by atoms with E-state index in [-0.39, 0.29) is 5.41 Å². The summed E-state index contributed by atoms with van der Waals surface area (Å²) in [6, 6.07) is 16.1. The molecule has 6 heteroatoms. The Balaban J connectivity index is 1.52. The number of nitrogens with zero attached hydrogens (tertiary/aromatic N) is 2. The number of hydrogen-bond donors (Lipinski definition) is 2. The minimum atomic E-state index is 0.130. The van der Waals surface area contributed by atoms with E-state index in [1.165, 1.54) is 5.56 Å². The van der Waals surface area contributed by atoms with E-state index in [9.17, 15) is 0 Å². The summed E-state index contributed by atoms with van der Waals surface area (Å²) < 4.78 is 11.2. The van der Waals surface area contributed by atoms with Crippen LogP contribution in [0.25, 0.3) is 0 Å². The van der Waals surface area contributed by atoms with Crippen LogP contribution in [-0.4, -0.2) is 23.2 Å². The Hall–Kier alpha value is -3.28. The second-order valence-electron chi connectivity index (χ2n) is 8.15. The fourth-order valence-corrected chi connectivity index (χ4v) is 3.14. The van der Waals surface area contributed by atoms with E-state index in [1.54, 1.807) is 0 Å². The van der Waals surface area contributed by atoms with Gasteiger partial charge in [0.2, 0.25) is 5.95 Å². The van der Waals surface area contributed by atoms with Crippen molar-refractivity contribution in [2.24, 2.45) is 0 Å². The second-order valence-corrected chi connectivity index (χ2v) is 8.15. The van der Waals surface area contributed by atoms with Gasteiger partial charge in [0.05, 0.1) is 0 Å². The molecule has 2 heterocycles. The number of hydrogen-bond acceptors (Lipinski definition) is 6. The molecule has 29 heavy (non-hydrogen) atoms. The van der Waals surface area contributed by atoms with Crippen molar-refractivity contribution in [3.05, 3.63) is 59.8 Å². The molecule has 2 N–H and O–H groups in total. The molecule has 1 aliphatic rings. The SMILES string of the molecule is Cc1cc(Nc2ccc(C(C)(C)C)cc2)nc(Nc2ccc3c(c2)OCCO3)n1. The average molecular weight is 390 g/mol. The molecule has 1 aromatic heterocycles. The number of aryl methyl sites for hydroxylation is 1. The van der Waals surface area contributed by atoms with Crippen LogP contribution < -0.4 is 20.1 Å². The number of anilines is 4. The van der Waals surface area contributed by atoms with Crippen molar-refractivity contribution in [1.29, 1.82) is 0 Å². The smallest absolute Gasteiger partial charge is 0.229 e. The Morgan fingerprint density at radius 2 is 1.48 bits per heavy atom. The van der Waals surface area contributed by atoms with E-state index in [0.29, 0.717) is 19.2 Å². The number of rotatable bonds is 4. The maximum Gasteiger partial charge on any atom is 0.229 e. The first-order chi connectivity index (χ1) is 13.9. The Morgan fingerprint density at radius 3 is 2.21 bits per heavy atom. The van der Waals surface area contributed by atoms with Crippen LogP contribution in [0, 0.1) is 6.92 Å². The quantitative estimate of drug-likeness (QED) is 0.627. The van der Waals surface area contributed by atoms with Gasteiger partial charge in [-0.2, -0.15) is 4.98 Å². The van der Waals surface area contributed by atoms with E-state index >= 15 is 0 Å². The molecule has 0 fully saturated rings. The summed E-state index contributed by atoms with van der Waals surface area (Å²) in [5.74, 6) is 2.75. The maximum absolute atomic E-state index is 5.64. The van der Waals surface area contributed by atoms with Crippen molar-refractivity contribution < 1.29 is 9.47 Å².